The zero-order valence-corrected chi connectivity index (χ0v) is 10.3. The molecule has 3 nitrogen and oxygen atoms in total. The van der Waals surface area contributed by atoms with Gasteiger partial charge in [-0.15, -0.1) is 0 Å². The summed E-state index contributed by atoms with van der Waals surface area (Å²) in [4.78, 5) is 7.88. The number of aromatic nitrogens is 2. The summed E-state index contributed by atoms with van der Waals surface area (Å²) in [6.07, 6.45) is 3.20. The van der Waals surface area contributed by atoms with Crippen molar-refractivity contribution in [1.82, 2.24) is 9.97 Å². The molecule has 0 aliphatic rings. The van der Waals surface area contributed by atoms with Gasteiger partial charge in [-0.25, -0.2) is 4.98 Å². The van der Waals surface area contributed by atoms with Crippen molar-refractivity contribution in [3.8, 4) is 17.0 Å². The van der Waals surface area contributed by atoms with Gasteiger partial charge in [0.25, 0.3) is 0 Å². The Hall–Kier alpha value is -2.49. The van der Waals surface area contributed by atoms with Gasteiger partial charge in [-0.1, -0.05) is 0 Å². The molecule has 0 spiro atoms. The largest absolute Gasteiger partial charge is 0.497 e. The molecule has 94 valence electrons. The summed E-state index contributed by atoms with van der Waals surface area (Å²) in [5.74, 6) is 0.274. The lowest BCUT2D eigenvalue weighted by Gasteiger charge is -2.05. The summed E-state index contributed by atoms with van der Waals surface area (Å²) in [5.41, 5.74) is 1.42. The monoisotopic (exact) mass is 254 g/mol. The van der Waals surface area contributed by atoms with Crippen LogP contribution in [-0.4, -0.2) is 17.1 Å². The first kappa shape index (κ1) is 11.6. The highest BCUT2D eigenvalue weighted by molar-refractivity contribution is 5.86. The molecule has 0 saturated carbocycles. The van der Waals surface area contributed by atoms with Gasteiger partial charge >= 0.3 is 0 Å². The minimum atomic E-state index is -0.509. The lowest BCUT2D eigenvalue weighted by Crippen LogP contribution is -1.88. The van der Waals surface area contributed by atoms with Crippen molar-refractivity contribution < 1.29 is 9.13 Å². The molecule has 2 heterocycles. The normalized spacial score (nSPS) is 10.6. The Bertz CT molecular complexity index is 743. The number of pyridine rings is 2. The summed E-state index contributed by atoms with van der Waals surface area (Å²) in [6.45, 7) is 0. The first-order valence-corrected chi connectivity index (χ1v) is 5.82. The predicted octanol–water partition coefficient (Wildman–Crippen LogP) is 3.44. The maximum absolute atomic E-state index is 13.1. The van der Waals surface area contributed by atoms with E-state index in [9.17, 15) is 4.39 Å². The van der Waals surface area contributed by atoms with Crippen LogP contribution >= 0.6 is 0 Å². The molecule has 3 aromatic rings. The molecule has 0 unspecified atom stereocenters. The van der Waals surface area contributed by atoms with Crippen molar-refractivity contribution in [2.75, 3.05) is 7.11 Å². The number of benzene rings is 1. The smallest absolute Gasteiger partial charge is 0.213 e. The molecule has 0 saturated heterocycles. The van der Waals surface area contributed by atoms with Crippen LogP contribution in [0.4, 0.5) is 4.39 Å². The second-order valence-corrected chi connectivity index (χ2v) is 4.15. The van der Waals surface area contributed by atoms with Crippen LogP contribution in [0.1, 0.15) is 0 Å². The zero-order valence-electron chi connectivity index (χ0n) is 10.3. The third-order valence-electron chi connectivity index (χ3n) is 2.95. The van der Waals surface area contributed by atoms with E-state index in [1.165, 1.54) is 12.3 Å². The highest BCUT2D eigenvalue weighted by atomic mass is 19.1. The topological polar surface area (TPSA) is 35.0 Å². The van der Waals surface area contributed by atoms with Crippen molar-refractivity contribution in [2.24, 2.45) is 0 Å². The lowest BCUT2D eigenvalue weighted by molar-refractivity contribution is 0.415. The van der Waals surface area contributed by atoms with Crippen molar-refractivity contribution >= 4 is 10.8 Å². The first-order valence-electron chi connectivity index (χ1n) is 5.82. The van der Waals surface area contributed by atoms with Crippen LogP contribution < -0.4 is 4.74 Å². The summed E-state index contributed by atoms with van der Waals surface area (Å²) in [7, 11) is 1.63. The molecule has 0 radical (unpaired) electrons. The average Bonchev–Trinajstić information content (AvgIpc) is 2.46. The van der Waals surface area contributed by atoms with E-state index in [1.807, 2.05) is 24.3 Å². The number of nitrogens with zero attached hydrogens (tertiary/aromatic N) is 2. The van der Waals surface area contributed by atoms with Crippen LogP contribution in [0.2, 0.25) is 0 Å². The fraction of sp³-hybridized carbons (Fsp3) is 0.0667. The van der Waals surface area contributed by atoms with Gasteiger partial charge in [-0.3, -0.25) is 4.98 Å². The minimum absolute atomic E-state index is 0.509. The van der Waals surface area contributed by atoms with Crippen LogP contribution in [0.15, 0.2) is 48.8 Å². The van der Waals surface area contributed by atoms with Crippen LogP contribution in [0.3, 0.4) is 0 Å². The molecular formula is C15H11FN2O. The minimum Gasteiger partial charge on any atom is -0.497 e. The summed E-state index contributed by atoms with van der Waals surface area (Å²) < 4.78 is 18.3. The number of hydrogen-bond donors (Lipinski definition) is 0. The summed E-state index contributed by atoms with van der Waals surface area (Å²) in [6, 6.07) is 10.8. The SMILES string of the molecule is COc1ccc2cnc(-c3ccnc(F)c3)cc2c1. The quantitative estimate of drug-likeness (QED) is 0.657. The third kappa shape index (κ3) is 2.25. The molecule has 0 fully saturated rings. The molecule has 0 N–H and O–H groups in total. The predicted molar refractivity (Wildman–Crippen MR) is 71.5 cm³/mol. The molecule has 3 rings (SSSR count). The van der Waals surface area contributed by atoms with Gasteiger partial charge in [-0.2, -0.15) is 4.39 Å². The van der Waals surface area contributed by atoms with Crippen molar-refractivity contribution in [1.29, 1.82) is 0 Å². The third-order valence-corrected chi connectivity index (χ3v) is 2.95. The van der Waals surface area contributed by atoms with Crippen LogP contribution in [-0.2, 0) is 0 Å². The van der Waals surface area contributed by atoms with E-state index in [-0.39, 0.29) is 0 Å². The molecule has 0 aliphatic heterocycles. The maximum Gasteiger partial charge on any atom is 0.213 e. The van der Waals surface area contributed by atoms with Crippen molar-refractivity contribution in [3.05, 3.63) is 54.7 Å². The van der Waals surface area contributed by atoms with E-state index >= 15 is 0 Å². The second kappa shape index (κ2) is 4.65. The molecule has 0 atom stereocenters. The van der Waals surface area contributed by atoms with Crippen molar-refractivity contribution in [3.63, 3.8) is 0 Å². The van der Waals surface area contributed by atoms with Gasteiger partial charge in [-0.05, 0) is 35.7 Å². The Morgan fingerprint density at radius 2 is 1.89 bits per heavy atom. The Kier molecular flexibility index (Phi) is 2.83. The molecule has 0 bridgehead atoms. The fourth-order valence-electron chi connectivity index (χ4n) is 1.97. The standard InChI is InChI=1S/C15H11FN2O/c1-19-13-3-2-11-9-18-14(7-12(11)6-13)10-4-5-17-15(16)8-10/h2-9H,1H3. The van der Waals surface area contributed by atoms with Gasteiger partial charge in [0.1, 0.15) is 5.75 Å². The van der Waals surface area contributed by atoms with Crippen LogP contribution in [0, 0.1) is 5.95 Å². The average molecular weight is 254 g/mol. The van der Waals surface area contributed by atoms with Crippen molar-refractivity contribution in [2.45, 2.75) is 0 Å². The van der Waals surface area contributed by atoms with Gasteiger partial charge in [0.15, 0.2) is 0 Å². The first-order chi connectivity index (χ1) is 9.26. The van der Waals surface area contributed by atoms with Crippen LogP contribution in [0.25, 0.3) is 22.0 Å². The molecule has 4 heteroatoms. The molecular weight excluding hydrogens is 243 g/mol. The highest BCUT2D eigenvalue weighted by Gasteiger charge is 2.04. The molecule has 2 aromatic heterocycles. The van der Waals surface area contributed by atoms with E-state index < -0.39 is 5.95 Å². The Labute approximate surface area is 109 Å². The van der Waals surface area contributed by atoms with E-state index in [2.05, 4.69) is 9.97 Å². The Morgan fingerprint density at radius 1 is 1.00 bits per heavy atom. The van der Waals surface area contributed by atoms with Gasteiger partial charge in [0.2, 0.25) is 5.95 Å². The number of hydrogen-bond acceptors (Lipinski definition) is 3. The maximum atomic E-state index is 13.1. The number of halogens is 1. The fourth-order valence-corrected chi connectivity index (χ4v) is 1.97. The number of methoxy groups -OCH3 is 1. The zero-order chi connectivity index (χ0) is 13.2. The molecule has 0 aliphatic carbocycles. The van der Waals surface area contributed by atoms with E-state index in [1.54, 1.807) is 19.4 Å². The lowest BCUT2D eigenvalue weighted by atomic mass is 10.1. The van der Waals surface area contributed by atoms with E-state index in [0.29, 0.717) is 11.3 Å². The molecule has 0 amide bonds. The Balaban J connectivity index is 2.15. The number of ether oxygens (including phenoxy) is 1. The number of rotatable bonds is 2. The van der Waals surface area contributed by atoms with Gasteiger partial charge < -0.3 is 4.74 Å². The van der Waals surface area contributed by atoms with E-state index in [0.717, 1.165) is 16.5 Å². The van der Waals surface area contributed by atoms with E-state index in [4.69, 9.17) is 4.74 Å². The van der Waals surface area contributed by atoms with Gasteiger partial charge in [0.05, 0.1) is 12.8 Å². The highest BCUT2D eigenvalue weighted by Crippen LogP contribution is 2.25. The number of fused-ring (bicyclic) bond motifs is 1. The Morgan fingerprint density at radius 3 is 2.68 bits per heavy atom. The summed E-state index contributed by atoms with van der Waals surface area (Å²) in [5, 5.41) is 2.01. The second-order valence-electron chi connectivity index (χ2n) is 4.15. The van der Waals surface area contributed by atoms with Crippen LogP contribution in [0.5, 0.6) is 5.75 Å². The summed E-state index contributed by atoms with van der Waals surface area (Å²) >= 11 is 0. The van der Waals surface area contributed by atoms with Gasteiger partial charge in [0, 0.05) is 29.4 Å². The molecule has 1 aromatic carbocycles. The molecule has 19 heavy (non-hydrogen) atoms.